The van der Waals surface area contributed by atoms with Gasteiger partial charge in [0.1, 0.15) is 45.6 Å². The molecule has 2 aliphatic rings. The van der Waals surface area contributed by atoms with Crippen LogP contribution in [0.3, 0.4) is 0 Å². The van der Waals surface area contributed by atoms with E-state index in [1.807, 2.05) is 121 Å². The van der Waals surface area contributed by atoms with Gasteiger partial charge in [-0.3, -0.25) is 0 Å². The predicted molar refractivity (Wildman–Crippen MR) is 269 cm³/mol. The van der Waals surface area contributed by atoms with E-state index in [0.717, 1.165) is 55.0 Å². The summed E-state index contributed by atoms with van der Waals surface area (Å²) in [4.78, 5) is 4.25. The van der Waals surface area contributed by atoms with Gasteiger partial charge in [-0.2, -0.15) is 10.5 Å². The molecule has 6 heterocycles. The molecule has 69 heavy (non-hydrogen) atoms. The zero-order valence-electron chi connectivity index (χ0n) is 36.2. The van der Waals surface area contributed by atoms with E-state index in [2.05, 4.69) is 82.6 Å². The van der Waals surface area contributed by atoms with Gasteiger partial charge in [0.25, 0.3) is 0 Å². The van der Waals surface area contributed by atoms with Crippen LogP contribution in [0.25, 0.3) is 88.1 Å². The highest BCUT2D eigenvalue weighted by Gasteiger charge is 2.40. The van der Waals surface area contributed by atoms with Crippen molar-refractivity contribution in [3.05, 3.63) is 193 Å². The SMILES string of the molecule is N#Cc1c(N2c3ccc(-c4ccccc4)cc3Oc3cc4oc5ccccc5c4cc32)c(N2c3ccc(-c4ccccc4)cc3Oc3cc4oc5ccccc5c4cc32)c2c3ccc(o3)c2c1C#N. The van der Waals surface area contributed by atoms with Gasteiger partial charge in [0.05, 0.1) is 50.6 Å². The fourth-order valence-corrected chi connectivity index (χ4v) is 10.6. The molecular weight excluding hydrogens is 857 g/mol. The average molecular weight is 887 g/mol. The number of benzene rings is 10. The minimum Gasteiger partial charge on any atom is -0.456 e. The molecule has 0 unspecified atom stereocenters. The molecule has 2 bridgehead atoms. The lowest BCUT2D eigenvalue weighted by atomic mass is 9.92. The van der Waals surface area contributed by atoms with Crippen LogP contribution in [0.2, 0.25) is 0 Å². The number of hydrogen-bond donors (Lipinski definition) is 0. The largest absolute Gasteiger partial charge is 0.456 e. The first-order chi connectivity index (χ1) is 34.1. The van der Waals surface area contributed by atoms with Gasteiger partial charge in [0, 0.05) is 39.1 Å². The Balaban J connectivity index is 1.10. The Bertz CT molecular complexity index is 4420. The van der Waals surface area contributed by atoms with Crippen LogP contribution in [-0.4, -0.2) is 0 Å². The first-order valence-electron chi connectivity index (χ1n) is 22.5. The molecule has 9 nitrogen and oxygen atoms in total. The minimum atomic E-state index is 0.164. The molecule has 320 valence electrons. The minimum absolute atomic E-state index is 0.164. The quantitative estimate of drug-likeness (QED) is 0.170. The number of ether oxygens (including phenoxy) is 2. The van der Waals surface area contributed by atoms with Crippen LogP contribution in [0, 0.1) is 22.7 Å². The normalized spacial score (nSPS) is 12.8. The number of anilines is 6. The van der Waals surface area contributed by atoms with Crippen molar-refractivity contribution in [1.82, 2.24) is 0 Å². The summed E-state index contributed by atoms with van der Waals surface area (Å²) in [6.07, 6.45) is 0. The van der Waals surface area contributed by atoms with E-state index in [9.17, 15) is 10.5 Å². The van der Waals surface area contributed by atoms with E-state index in [-0.39, 0.29) is 11.1 Å². The van der Waals surface area contributed by atoms with Crippen LogP contribution >= 0.6 is 0 Å². The van der Waals surface area contributed by atoms with Gasteiger partial charge in [0.15, 0.2) is 23.0 Å². The molecule has 0 N–H and O–H groups in total. The van der Waals surface area contributed by atoms with Crippen LogP contribution in [0.1, 0.15) is 11.1 Å². The Labute approximate surface area is 391 Å². The summed E-state index contributed by atoms with van der Waals surface area (Å²) in [6.45, 7) is 0. The van der Waals surface area contributed by atoms with Crippen molar-refractivity contribution in [2.24, 2.45) is 0 Å². The van der Waals surface area contributed by atoms with Crippen molar-refractivity contribution in [1.29, 1.82) is 10.5 Å². The average Bonchev–Trinajstić information content (AvgIpc) is 4.20. The topological polar surface area (TPSA) is 112 Å². The monoisotopic (exact) mass is 886 g/mol. The summed E-state index contributed by atoms with van der Waals surface area (Å²) in [5.74, 6) is 2.19. The Kier molecular flexibility index (Phi) is 7.45. The number of nitrogens with zero attached hydrogens (tertiary/aromatic N) is 4. The van der Waals surface area contributed by atoms with E-state index in [0.29, 0.717) is 90.2 Å². The maximum absolute atomic E-state index is 11.7. The van der Waals surface area contributed by atoms with Crippen molar-refractivity contribution >= 4 is 99.9 Å². The van der Waals surface area contributed by atoms with E-state index in [1.54, 1.807) is 0 Å². The number of hydrogen-bond acceptors (Lipinski definition) is 9. The van der Waals surface area contributed by atoms with Gasteiger partial charge in [-0.05, 0) is 82.9 Å². The fourth-order valence-electron chi connectivity index (χ4n) is 10.6. The van der Waals surface area contributed by atoms with Crippen LogP contribution in [0.15, 0.2) is 195 Å². The molecule has 0 amide bonds. The van der Waals surface area contributed by atoms with Crippen LogP contribution < -0.4 is 19.3 Å². The zero-order chi connectivity index (χ0) is 45.5. The van der Waals surface area contributed by atoms with Crippen LogP contribution in [-0.2, 0) is 0 Å². The highest BCUT2D eigenvalue weighted by Crippen LogP contribution is 2.63. The summed E-state index contributed by atoms with van der Waals surface area (Å²) >= 11 is 0. The van der Waals surface area contributed by atoms with Crippen LogP contribution in [0.4, 0.5) is 34.1 Å². The second-order valence-corrected chi connectivity index (χ2v) is 17.4. The second-order valence-electron chi connectivity index (χ2n) is 17.4. The highest BCUT2D eigenvalue weighted by molar-refractivity contribution is 6.24. The standard InChI is InChI=1S/C60H30N4O5/c61-31-41-42(32-62)59(63-43-21-19-35(33-11-3-1-4-12-33)25-53(43)68-55-29-51-39(27-45(55)63)37-15-7-9-17-47(37)65-51)60(58-50-24-23-49(67-50)57(41)58)64-44-22-20-36(34-13-5-2-6-14-34)26-54(44)69-56-30-52-40(28-46(56)64)38-16-8-10-18-48(38)66-52/h1-30H. The van der Waals surface area contributed by atoms with Crippen molar-refractivity contribution < 1.29 is 22.7 Å². The molecule has 0 aliphatic carbocycles. The number of fused-ring (bicyclic) bond motifs is 15. The number of furan rings is 4. The predicted octanol–water partition coefficient (Wildman–Crippen LogP) is 17.1. The molecule has 13 aromatic rings. The Morgan fingerprint density at radius 2 is 0.768 bits per heavy atom. The molecule has 0 saturated heterocycles. The Morgan fingerprint density at radius 3 is 1.29 bits per heavy atom. The van der Waals surface area contributed by atoms with E-state index >= 15 is 0 Å². The van der Waals surface area contributed by atoms with Gasteiger partial charge in [0.2, 0.25) is 0 Å². The summed E-state index contributed by atoms with van der Waals surface area (Å²) in [5, 5.41) is 27.9. The fraction of sp³-hybridized carbons (Fsp3) is 0. The first-order valence-corrected chi connectivity index (χ1v) is 22.5. The van der Waals surface area contributed by atoms with Gasteiger partial charge < -0.3 is 32.5 Å². The van der Waals surface area contributed by atoms with Crippen molar-refractivity contribution in [2.75, 3.05) is 9.80 Å². The summed E-state index contributed by atoms with van der Waals surface area (Å²) < 4.78 is 33.4. The maximum atomic E-state index is 11.7. The summed E-state index contributed by atoms with van der Waals surface area (Å²) in [7, 11) is 0. The van der Waals surface area contributed by atoms with Crippen molar-refractivity contribution in [2.45, 2.75) is 0 Å². The lowest BCUT2D eigenvalue weighted by Gasteiger charge is -2.39. The molecule has 9 heteroatoms. The molecule has 9 aromatic carbocycles. The molecule has 15 rings (SSSR count). The molecular formula is C60H30N4O5. The third-order valence-corrected chi connectivity index (χ3v) is 13.7. The number of rotatable bonds is 4. The van der Waals surface area contributed by atoms with Gasteiger partial charge >= 0.3 is 0 Å². The highest BCUT2D eigenvalue weighted by atomic mass is 16.5. The first kappa shape index (κ1) is 37.3. The number of para-hydroxylation sites is 2. The molecule has 4 aromatic heterocycles. The lowest BCUT2D eigenvalue weighted by molar-refractivity contribution is 0.475. The van der Waals surface area contributed by atoms with Crippen LogP contribution in [0.5, 0.6) is 23.0 Å². The van der Waals surface area contributed by atoms with Gasteiger partial charge in [-0.15, -0.1) is 0 Å². The molecule has 0 fully saturated rings. The lowest BCUT2D eigenvalue weighted by Crippen LogP contribution is -2.23. The van der Waals surface area contributed by atoms with E-state index < -0.39 is 0 Å². The summed E-state index contributed by atoms with van der Waals surface area (Å²) in [6, 6.07) is 65.4. The van der Waals surface area contributed by atoms with Crippen molar-refractivity contribution in [3.8, 4) is 57.4 Å². The molecule has 2 aliphatic heterocycles. The maximum Gasteiger partial charge on any atom is 0.155 e. The third-order valence-electron chi connectivity index (χ3n) is 13.7. The third kappa shape index (κ3) is 5.21. The second kappa shape index (κ2) is 13.8. The van der Waals surface area contributed by atoms with Gasteiger partial charge in [-0.25, -0.2) is 0 Å². The Morgan fingerprint density at radius 1 is 0.319 bits per heavy atom. The number of nitriles is 2. The molecule has 0 atom stereocenters. The smallest absolute Gasteiger partial charge is 0.155 e. The Hall–Kier alpha value is -9.96. The summed E-state index contributed by atoms with van der Waals surface area (Å²) in [5.41, 5.74) is 12.0. The van der Waals surface area contributed by atoms with Crippen molar-refractivity contribution in [3.63, 3.8) is 0 Å². The zero-order valence-corrected chi connectivity index (χ0v) is 36.2. The molecule has 0 saturated carbocycles. The van der Waals surface area contributed by atoms with E-state index in [1.165, 1.54) is 0 Å². The molecule has 0 spiro atoms. The van der Waals surface area contributed by atoms with Gasteiger partial charge in [-0.1, -0.05) is 109 Å². The van der Waals surface area contributed by atoms with E-state index in [4.69, 9.17) is 22.7 Å². The molecule has 0 radical (unpaired) electrons.